The number of hydrogen-bond acceptors (Lipinski definition) is 2. The minimum Gasteiger partial charge on any atom is -0.228 e. The van der Waals surface area contributed by atoms with Gasteiger partial charge in [-0.3, -0.25) is 0 Å². The van der Waals surface area contributed by atoms with Gasteiger partial charge in [0.25, 0.3) is 0 Å². The summed E-state index contributed by atoms with van der Waals surface area (Å²) >= 11 is 0. The summed E-state index contributed by atoms with van der Waals surface area (Å²) in [6.45, 7) is 0. The third kappa shape index (κ3) is 6.02. The first-order valence-corrected chi connectivity index (χ1v) is 21.6. The van der Waals surface area contributed by atoms with Crippen molar-refractivity contribution in [2.24, 2.45) is 0 Å². The highest BCUT2D eigenvalue weighted by atomic mass is 14.9. The molecule has 12 rings (SSSR count). The van der Waals surface area contributed by atoms with Crippen LogP contribution in [0.1, 0.15) is 22.3 Å². The van der Waals surface area contributed by atoms with Crippen molar-refractivity contribution in [1.29, 1.82) is 0 Å². The molecule has 0 radical (unpaired) electrons. The third-order valence-corrected chi connectivity index (χ3v) is 13.0. The Balaban J connectivity index is 1.04. The molecule has 0 aliphatic heterocycles. The summed E-state index contributed by atoms with van der Waals surface area (Å²) in [4.78, 5) is 10.4. The maximum atomic E-state index is 5.28. The molecular formula is C61H40N2. The molecule has 2 heteroatoms. The normalized spacial score (nSPS) is 12.6. The standard InChI is InChI=1S/C61H40N2/c1-5-17-41(18-6-1)42-29-31-44(32-30-42)57-40-58(63-60(62-57)45-20-7-2-8-21-45)53-36-35-49(51-27-15-16-28-52(51)53)46-34-37-55-54(39-46)59-50-26-14-13-19-43(50)33-38-56(59)61(55,47-22-9-3-10-23-47)48-24-11-4-12-25-48/h1-40H. The van der Waals surface area contributed by atoms with E-state index in [4.69, 9.17) is 9.97 Å². The number of hydrogen-bond donors (Lipinski definition) is 0. The van der Waals surface area contributed by atoms with Gasteiger partial charge in [0, 0.05) is 16.7 Å². The van der Waals surface area contributed by atoms with Crippen LogP contribution in [-0.2, 0) is 5.41 Å². The molecule has 2 nitrogen and oxygen atoms in total. The van der Waals surface area contributed by atoms with Crippen molar-refractivity contribution in [2.75, 3.05) is 0 Å². The molecule has 0 spiro atoms. The number of fused-ring (bicyclic) bond motifs is 6. The van der Waals surface area contributed by atoms with Gasteiger partial charge in [-0.15, -0.1) is 0 Å². The van der Waals surface area contributed by atoms with Crippen molar-refractivity contribution >= 4 is 21.5 Å². The molecule has 294 valence electrons. The fourth-order valence-electron chi connectivity index (χ4n) is 10.1. The maximum absolute atomic E-state index is 5.28. The average Bonchev–Trinajstić information content (AvgIpc) is 3.68. The van der Waals surface area contributed by atoms with Crippen LogP contribution in [0.15, 0.2) is 243 Å². The highest BCUT2D eigenvalue weighted by Gasteiger charge is 2.46. The minimum atomic E-state index is -0.481. The second-order valence-corrected chi connectivity index (χ2v) is 16.4. The van der Waals surface area contributed by atoms with Crippen molar-refractivity contribution in [3.8, 4) is 67.3 Å². The van der Waals surface area contributed by atoms with Crippen LogP contribution in [0.2, 0.25) is 0 Å². The summed E-state index contributed by atoms with van der Waals surface area (Å²) in [7, 11) is 0. The molecule has 0 amide bonds. The Morgan fingerprint density at radius 1 is 0.286 bits per heavy atom. The third-order valence-electron chi connectivity index (χ3n) is 13.0. The van der Waals surface area contributed by atoms with Crippen LogP contribution in [0.3, 0.4) is 0 Å². The molecule has 1 aliphatic rings. The lowest BCUT2D eigenvalue weighted by Gasteiger charge is -2.34. The van der Waals surface area contributed by atoms with Crippen LogP contribution >= 0.6 is 0 Å². The Hall–Kier alpha value is -8.20. The predicted molar refractivity (Wildman–Crippen MR) is 262 cm³/mol. The van der Waals surface area contributed by atoms with E-state index in [9.17, 15) is 0 Å². The summed E-state index contributed by atoms with van der Waals surface area (Å²) in [5.74, 6) is 0.702. The van der Waals surface area contributed by atoms with E-state index in [2.05, 4.69) is 224 Å². The van der Waals surface area contributed by atoms with E-state index in [-0.39, 0.29) is 0 Å². The lowest BCUT2D eigenvalue weighted by molar-refractivity contribution is 0.769. The van der Waals surface area contributed by atoms with Gasteiger partial charge in [-0.1, -0.05) is 231 Å². The van der Waals surface area contributed by atoms with Crippen LogP contribution in [0, 0.1) is 0 Å². The molecule has 0 N–H and O–H groups in total. The second-order valence-electron chi connectivity index (χ2n) is 16.4. The van der Waals surface area contributed by atoms with E-state index in [0.29, 0.717) is 5.82 Å². The number of nitrogens with zero attached hydrogens (tertiary/aromatic N) is 2. The van der Waals surface area contributed by atoms with E-state index >= 15 is 0 Å². The van der Waals surface area contributed by atoms with Crippen molar-refractivity contribution in [3.63, 3.8) is 0 Å². The molecule has 0 unspecified atom stereocenters. The lowest BCUT2D eigenvalue weighted by Crippen LogP contribution is -2.28. The highest BCUT2D eigenvalue weighted by Crippen LogP contribution is 2.58. The van der Waals surface area contributed by atoms with Gasteiger partial charge in [-0.05, 0) is 89.3 Å². The molecule has 0 fully saturated rings. The van der Waals surface area contributed by atoms with Crippen LogP contribution in [0.5, 0.6) is 0 Å². The first-order chi connectivity index (χ1) is 31.2. The van der Waals surface area contributed by atoms with Gasteiger partial charge in [-0.2, -0.15) is 0 Å². The molecular weight excluding hydrogens is 761 g/mol. The van der Waals surface area contributed by atoms with Crippen LogP contribution in [0.4, 0.5) is 0 Å². The SMILES string of the molecule is c1ccc(-c2ccc(-c3cc(-c4ccc(-c5ccc6c(c5)-c5c(ccc7ccccc57)C6(c5ccccc5)c5ccccc5)c5ccccc45)nc(-c4ccccc4)n3)cc2)cc1. The van der Waals surface area contributed by atoms with Gasteiger partial charge < -0.3 is 0 Å². The monoisotopic (exact) mass is 800 g/mol. The van der Waals surface area contributed by atoms with Gasteiger partial charge in [0.15, 0.2) is 5.82 Å². The lowest BCUT2D eigenvalue weighted by atomic mass is 9.67. The minimum absolute atomic E-state index is 0.481. The molecule has 1 aromatic heterocycles. The van der Waals surface area contributed by atoms with Crippen LogP contribution in [0.25, 0.3) is 88.8 Å². The topological polar surface area (TPSA) is 25.8 Å². The number of benzene rings is 10. The molecule has 10 aromatic carbocycles. The molecule has 11 aromatic rings. The maximum Gasteiger partial charge on any atom is 0.160 e. The summed E-state index contributed by atoms with van der Waals surface area (Å²) in [5.41, 5.74) is 16.8. The van der Waals surface area contributed by atoms with Crippen molar-refractivity contribution < 1.29 is 0 Å². The number of aromatic nitrogens is 2. The fourth-order valence-corrected chi connectivity index (χ4v) is 10.1. The average molecular weight is 801 g/mol. The van der Waals surface area contributed by atoms with Crippen LogP contribution in [-0.4, -0.2) is 9.97 Å². The second kappa shape index (κ2) is 15.1. The summed E-state index contributed by atoms with van der Waals surface area (Å²) < 4.78 is 0. The van der Waals surface area contributed by atoms with E-state index < -0.39 is 5.41 Å². The predicted octanol–water partition coefficient (Wildman–Crippen LogP) is 15.5. The van der Waals surface area contributed by atoms with Gasteiger partial charge >= 0.3 is 0 Å². The molecule has 0 bridgehead atoms. The molecule has 1 aliphatic carbocycles. The van der Waals surface area contributed by atoms with Gasteiger partial charge in [-0.25, -0.2) is 9.97 Å². The van der Waals surface area contributed by atoms with E-state index in [1.165, 1.54) is 71.8 Å². The first kappa shape index (κ1) is 36.6. The highest BCUT2D eigenvalue weighted by molar-refractivity contribution is 6.08. The van der Waals surface area contributed by atoms with E-state index in [0.717, 1.165) is 33.5 Å². The fraction of sp³-hybridized carbons (Fsp3) is 0.0164. The largest absolute Gasteiger partial charge is 0.228 e. The summed E-state index contributed by atoms with van der Waals surface area (Å²) in [6.07, 6.45) is 0. The molecule has 0 saturated carbocycles. The zero-order valence-corrected chi connectivity index (χ0v) is 34.5. The first-order valence-electron chi connectivity index (χ1n) is 21.6. The van der Waals surface area contributed by atoms with Crippen molar-refractivity contribution in [2.45, 2.75) is 5.41 Å². The Morgan fingerprint density at radius 2 is 0.778 bits per heavy atom. The summed E-state index contributed by atoms with van der Waals surface area (Å²) in [6, 6.07) is 87.8. The van der Waals surface area contributed by atoms with Gasteiger partial charge in [0.05, 0.1) is 16.8 Å². The molecule has 0 atom stereocenters. The van der Waals surface area contributed by atoms with Crippen LogP contribution < -0.4 is 0 Å². The number of rotatable bonds is 7. The van der Waals surface area contributed by atoms with Crippen molar-refractivity contribution in [1.82, 2.24) is 9.97 Å². The summed E-state index contributed by atoms with van der Waals surface area (Å²) in [5, 5.41) is 4.83. The Kier molecular flexibility index (Phi) is 8.76. The quantitative estimate of drug-likeness (QED) is 0.160. The van der Waals surface area contributed by atoms with E-state index in [1.54, 1.807) is 0 Å². The zero-order valence-electron chi connectivity index (χ0n) is 34.5. The Labute approximate surface area is 367 Å². The molecule has 0 saturated heterocycles. The smallest absolute Gasteiger partial charge is 0.160 e. The molecule has 1 heterocycles. The Morgan fingerprint density at radius 3 is 1.46 bits per heavy atom. The van der Waals surface area contributed by atoms with Crippen molar-refractivity contribution in [3.05, 3.63) is 265 Å². The molecule has 63 heavy (non-hydrogen) atoms. The van der Waals surface area contributed by atoms with Gasteiger partial charge in [0.1, 0.15) is 0 Å². The van der Waals surface area contributed by atoms with Gasteiger partial charge in [0.2, 0.25) is 0 Å². The zero-order chi connectivity index (χ0) is 41.7. The Bertz CT molecular complexity index is 3430. The van der Waals surface area contributed by atoms with E-state index in [1.807, 2.05) is 18.2 Å².